The number of hydrogen-bond donors (Lipinski definition) is 1. The van der Waals surface area contributed by atoms with E-state index in [0.29, 0.717) is 24.2 Å². The van der Waals surface area contributed by atoms with Gasteiger partial charge >= 0.3 is 0 Å². The van der Waals surface area contributed by atoms with Crippen molar-refractivity contribution in [2.24, 2.45) is 11.8 Å². The normalized spacial score (nSPS) is 21.6. The van der Waals surface area contributed by atoms with Crippen LogP contribution in [0.4, 0.5) is 0 Å². The second-order valence-electron chi connectivity index (χ2n) is 9.66. The lowest BCUT2D eigenvalue weighted by atomic mass is 9.91. The first kappa shape index (κ1) is 23.3. The monoisotopic (exact) mass is 453 g/mol. The summed E-state index contributed by atoms with van der Waals surface area (Å²) in [4.78, 5) is 18.0. The Morgan fingerprint density at radius 1 is 1.00 bits per heavy atom. The van der Waals surface area contributed by atoms with Crippen molar-refractivity contribution < 1.29 is 4.79 Å². The quantitative estimate of drug-likeness (QED) is 0.669. The van der Waals surface area contributed by atoms with E-state index in [2.05, 4.69) is 71.4 Å². The highest BCUT2D eigenvalue weighted by molar-refractivity contribution is 6.30. The molecule has 2 atom stereocenters. The van der Waals surface area contributed by atoms with Crippen molar-refractivity contribution in [2.75, 3.05) is 32.7 Å². The van der Waals surface area contributed by atoms with Gasteiger partial charge in [0.1, 0.15) is 0 Å². The maximum atomic E-state index is 13.3. The van der Waals surface area contributed by atoms with Crippen LogP contribution < -0.4 is 5.32 Å². The van der Waals surface area contributed by atoms with Crippen LogP contribution in [0.3, 0.4) is 0 Å². The lowest BCUT2D eigenvalue weighted by Crippen LogP contribution is -2.58. The van der Waals surface area contributed by atoms with Crippen LogP contribution in [0.1, 0.15) is 50.3 Å². The van der Waals surface area contributed by atoms with Crippen LogP contribution >= 0.6 is 11.6 Å². The van der Waals surface area contributed by atoms with E-state index in [-0.39, 0.29) is 12.1 Å². The van der Waals surface area contributed by atoms with E-state index in [1.807, 2.05) is 12.1 Å². The van der Waals surface area contributed by atoms with E-state index in [0.717, 1.165) is 50.6 Å². The molecule has 2 unspecified atom stereocenters. The van der Waals surface area contributed by atoms with Gasteiger partial charge in [0.25, 0.3) is 0 Å². The van der Waals surface area contributed by atoms with E-state index in [1.54, 1.807) is 0 Å². The Labute approximate surface area is 197 Å². The number of carbonyl (C=O) groups is 1. The molecule has 0 bridgehead atoms. The van der Waals surface area contributed by atoms with Crippen LogP contribution in [0.2, 0.25) is 5.02 Å². The molecular weight excluding hydrogens is 418 g/mol. The Morgan fingerprint density at radius 2 is 1.66 bits per heavy atom. The Balaban J connectivity index is 1.54. The molecule has 0 spiro atoms. The van der Waals surface area contributed by atoms with Gasteiger partial charge in [-0.15, -0.1) is 0 Å². The summed E-state index contributed by atoms with van der Waals surface area (Å²) >= 11 is 6.19. The number of nitrogens with zero attached hydrogens (tertiary/aromatic N) is 2. The van der Waals surface area contributed by atoms with Crippen LogP contribution in [-0.4, -0.2) is 54.5 Å². The zero-order valence-corrected chi connectivity index (χ0v) is 20.1. The van der Waals surface area contributed by atoms with Crippen molar-refractivity contribution in [3.63, 3.8) is 0 Å². The summed E-state index contributed by atoms with van der Waals surface area (Å²) in [6.07, 6.45) is 2.93. The largest absolute Gasteiger partial charge is 0.337 e. The number of piperidine rings is 1. The van der Waals surface area contributed by atoms with Crippen LogP contribution in [0.15, 0.2) is 54.6 Å². The van der Waals surface area contributed by atoms with Gasteiger partial charge in [0.15, 0.2) is 0 Å². The van der Waals surface area contributed by atoms with Gasteiger partial charge in [-0.1, -0.05) is 67.9 Å². The smallest absolute Gasteiger partial charge is 0.223 e. The third-order valence-corrected chi connectivity index (χ3v) is 7.38. The third-order valence-electron chi connectivity index (χ3n) is 7.13. The molecule has 2 aliphatic heterocycles. The second kappa shape index (κ2) is 10.8. The SMILES string of the molecule is CC(C)C1CN(C(c2ccccc2)c2ccc(Cl)cc2)CCN1C(=O)CC1CCNCC1. The molecule has 0 aromatic heterocycles. The predicted molar refractivity (Wildman–Crippen MR) is 132 cm³/mol. The molecule has 1 amide bonds. The fourth-order valence-corrected chi connectivity index (χ4v) is 5.42. The fraction of sp³-hybridized carbons (Fsp3) is 0.519. The van der Waals surface area contributed by atoms with Crippen molar-refractivity contribution in [1.82, 2.24) is 15.1 Å². The van der Waals surface area contributed by atoms with Gasteiger partial charge in [0, 0.05) is 37.1 Å². The molecule has 4 nitrogen and oxygen atoms in total. The molecule has 32 heavy (non-hydrogen) atoms. The molecule has 2 aromatic carbocycles. The molecule has 5 heteroatoms. The number of piperazine rings is 1. The third kappa shape index (κ3) is 5.54. The first-order valence-electron chi connectivity index (χ1n) is 12.1. The van der Waals surface area contributed by atoms with Gasteiger partial charge in [0.2, 0.25) is 5.91 Å². The highest BCUT2D eigenvalue weighted by atomic mass is 35.5. The fourth-order valence-electron chi connectivity index (χ4n) is 5.29. The summed E-state index contributed by atoms with van der Waals surface area (Å²) < 4.78 is 0. The summed E-state index contributed by atoms with van der Waals surface area (Å²) in [5.41, 5.74) is 2.53. The molecule has 2 fully saturated rings. The molecular formula is C27H36ClN3O. The van der Waals surface area contributed by atoms with E-state index >= 15 is 0 Å². The Hall–Kier alpha value is -1.88. The maximum absolute atomic E-state index is 13.3. The Bertz CT molecular complexity index is 864. The van der Waals surface area contributed by atoms with Crippen LogP contribution in [-0.2, 0) is 4.79 Å². The van der Waals surface area contributed by atoms with Crippen LogP contribution in [0.5, 0.6) is 0 Å². The lowest BCUT2D eigenvalue weighted by molar-refractivity contribution is -0.139. The zero-order chi connectivity index (χ0) is 22.5. The molecule has 172 valence electrons. The van der Waals surface area contributed by atoms with E-state index in [9.17, 15) is 4.79 Å². The topological polar surface area (TPSA) is 35.6 Å². The van der Waals surface area contributed by atoms with Crippen molar-refractivity contribution in [3.05, 3.63) is 70.7 Å². The maximum Gasteiger partial charge on any atom is 0.223 e. The zero-order valence-electron chi connectivity index (χ0n) is 19.3. The Morgan fingerprint density at radius 3 is 2.31 bits per heavy atom. The highest BCUT2D eigenvalue weighted by Crippen LogP contribution is 2.33. The van der Waals surface area contributed by atoms with E-state index in [4.69, 9.17) is 11.6 Å². The minimum absolute atomic E-state index is 0.163. The number of halogens is 1. The van der Waals surface area contributed by atoms with Crippen molar-refractivity contribution in [1.29, 1.82) is 0 Å². The minimum atomic E-state index is 0.163. The molecule has 4 rings (SSSR count). The summed E-state index contributed by atoms with van der Waals surface area (Å²) in [5, 5.41) is 4.17. The van der Waals surface area contributed by atoms with Gasteiger partial charge in [-0.25, -0.2) is 0 Å². The van der Waals surface area contributed by atoms with E-state index in [1.165, 1.54) is 11.1 Å². The van der Waals surface area contributed by atoms with Crippen molar-refractivity contribution >= 4 is 17.5 Å². The number of benzene rings is 2. The van der Waals surface area contributed by atoms with Gasteiger partial charge in [-0.3, -0.25) is 9.69 Å². The van der Waals surface area contributed by atoms with Gasteiger partial charge in [-0.2, -0.15) is 0 Å². The van der Waals surface area contributed by atoms with Crippen molar-refractivity contribution in [3.8, 4) is 0 Å². The predicted octanol–water partition coefficient (Wildman–Crippen LogP) is 4.99. The average molecular weight is 454 g/mol. The molecule has 0 saturated carbocycles. The molecule has 0 radical (unpaired) electrons. The van der Waals surface area contributed by atoms with Crippen LogP contribution in [0.25, 0.3) is 0 Å². The first-order chi connectivity index (χ1) is 15.5. The minimum Gasteiger partial charge on any atom is -0.337 e. The molecule has 2 heterocycles. The first-order valence-corrected chi connectivity index (χ1v) is 12.5. The highest BCUT2D eigenvalue weighted by Gasteiger charge is 2.36. The molecule has 2 saturated heterocycles. The Kier molecular flexibility index (Phi) is 7.88. The molecule has 2 aliphatic rings. The number of carbonyl (C=O) groups excluding carboxylic acids is 1. The number of nitrogens with one attached hydrogen (secondary N) is 1. The van der Waals surface area contributed by atoms with E-state index < -0.39 is 0 Å². The molecule has 1 N–H and O–H groups in total. The van der Waals surface area contributed by atoms with Crippen molar-refractivity contribution in [2.45, 2.75) is 45.2 Å². The number of amides is 1. The average Bonchev–Trinajstić information content (AvgIpc) is 2.82. The summed E-state index contributed by atoms with van der Waals surface area (Å²) in [6.45, 7) is 9.14. The standard InChI is InChI=1S/C27H36ClN3O/c1-20(2)25-19-30(16-17-31(25)26(32)18-21-12-14-29-15-13-21)27(22-6-4-3-5-7-22)23-8-10-24(28)11-9-23/h3-11,20-21,25,27,29H,12-19H2,1-2H3. The van der Waals surface area contributed by atoms with Gasteiger partial charge < -0.3 is 10.2 Å². The van der Waals surface area contributed by atoms with Gasteiger partial charge in [0.05, 0.1) is 6.04 Å². The van der Waals surface area contributed by atoms with Crippen LogP contribution in [0, 0.1) is 11.8 Å². The summed E-state index contributed by atoms with van der Waals surface area (Å²) in [7, 11) is 0. The van der Waals surface area contributed by atoms with Gasteiger partial charge in [-0.05, 0) is 61.0 Å². The number of rotatable bonds is 6. The summed E-state index contributed by atoms with van der Waals surface area (Å²) in [5.74, 6) is 1.29. The number of hydrogen-bond acceptors (Lipinski definition) is 3. The molecule has 2 aromatic rings. The second-order valence-corrected chi connectivity index (χ2v) is 10.1. The summed E-state index contributed by atoms with van der Waals surface area (Å²) in [6, 6.07) is 19.3. The lowest BCUT2D eigenvalue weighted by Gasteiger charge is -2.46. The molecule has 0 aliphatic carbocycles.